The van der Waals surface area contributed by atoms with Crippen LogP contribution in [0.3, 0.4) is 0 Å². The molecule has 1 heterocycles. The second-order valence-corrected chi connectivity index (χ2v) is 7.58. The van der Waals surface area contributed by atoms with E-state index >= 15 is 0 Å². The molecule has 2 N–H and O–H groups in total. The molecule has 1 aromatic carbocycles. The van der Waals surface area contributed by atoms with Crippen molar-refractivity contribution in [3.8, 4) is 5.75 Å². The average Bonchev–Trinajstić information content (AvgIpc) is 2.70. The highest BCUT2D eigenvalue weighted by atomic mass is 79.9. The van der Waals surface area contributed by atoms with Gasteiger partial charge in [0.2, 0.25) is 10.0 Å². The molecule has 0 bridgehead atoms. The predicted octanol–water partition coefficient (Wildman–Crippen LogP) is 1.85. The Morgan fingerprint density at radius 2 is 2.05 bits per heavy atom. The number of hydrogen-bond acceptors (Lipinski definition) is 4. The van der Waals surface area contributed by atoms with Gasteiger partial charge in [0, 0.05) is 23.6 Å². The standard InChI is InChI=1S/C12H17BrN2O3S.ClH/c1-8-6-15(7-10(8)14)19(16,17)12-5-9(13)3-4-11(12)18-2;/h3-5,8,10H,6-7,14H2,1-2H3;1H. The van der Waals surface area contributed by atoms with E-state index in [0.717, 1.165) is 0 Å². The Morgan fingerprint density at radius 1 is 1.40 bits per heavy atom. The summed E-state index contributed by atoms with van der Waals surface area (Å²) in [5.41, 5.74) is 5.90. The molecule has 8 heteroatoms. The zero-order valence-corrected chi connectivity index (χ0v) is 14.5. The fraction of sp³-hybridized carbons (Fsp3) is 0.500. The van der Waals surface area contributed by atoms with Crippen molar-refractivity contribution >= 4 is 38.4 Å². The SMILES string of the molecule is COc1ccc(Br)cc1S(=O)(=O)N1CC(C)C(N)C1.Cl. The van der Waals surface area contributed by atoms with E-state index in [0.29, 0.717) is 23.3 Å². The number of nitrogens with two attached hydrogens (primary N) is 1. The highest BCUT2D eigenvalue weighted by Crippen LogP contribution is 2.32. The predicted molar refractivity (Wildman–Crippen MR) is 83.8 cm³/mol. The first-order valence-corrected chi connectivity index (χ1v) is 8.19. The molecule has 1 aliphatic rings. The Kier molecular flexibility index (Phi) is 5.86. The van der Waals surface area contributed by atoms with Crippen molar-refractivity contribution in [3.63, 3.8) is 0 Å². The molecule has 1 saturated heterocycles. The molecule has 1 aliphatic heterocycles. The molecule has 0 spiro atoms. The minimum absolute atomic E-state index is 0. The fourth-order valence-corrected chi connectivity index (χ4v) is 4.41. The lowest BCUT2D eigenvalue weighted by molar-refractivity contribution is 0.397. The maximum atomic E-state index is 12.6. The van der Waals surface area contributed by atoms with Crippen molar-refractivity contribution in [2.24, 2.45) is 11.7 Å². The Labute approximate surface area is 134 Å². The lowest BCUT2D eigenvalue weighted by Crippen LogP contribution is -2.32. The highest BCUT2D eigenvalue weighted by molar-refractivity contribution is 9.10. The molecular weight excluding hydrogens is 368 g/mol. The van der Waals surface area contributed by atoms with Crippen LogP contribution in [0.4, 0.5) is 0 Å². The van der Waals surface area contributed by atoms with Gasteiger partial charge in [-0.2, -0.15) is 4.31 Å². The van der Waals surface area contributed by atoms with E-state index in [-0.39, 0.29) is 29.3 Å². The van der Waals surface area contributed by atoms with Crippen LogP contribution in [0.2, 0.25) is 0 Å². The van der Waals surface area contributed by atoms with Crippen molar-refractivity contribution < 1.29 is 13.2 Å². The minimum Gasteiger partial charge on any atom is -0.495 e. The summed E-state index contributed by atoms with van der Waals surface area (Å²) in [6.45, 7) is 2.75. The van der Waals surface area contributed by atoms with Crippen molar-refractivity contribution in [2.75, 3.05) is 20.2 Å². The van der Waals surface area contributed by atoms with E-state index in [1.54, 1.807) is 18.2 Å². The van der Waals surface area contributed by atoms with Gasteiger partial charge < -0.3 is 10.5 Å². The van der Waals surface area contributed by atoms with Gasteiger partial charge in [-0.3, -0.25) is 0 Å². The van der Waals surface area contributed by atoms with Crippen LogP contribution < -0.4 is 10.5 Å². The van der Waals surface area contributed by atoms with Gasteiger partial charge in [-0.1, -0.05) is 22.9 Å². The summed E-state index contributed by atoms with van der Waals surface area (Å²) < 4.78 is 32.5. The van der Waals surface area contributed by atoms with Gasteiger partial charge >= 0.3 is 0 Å². The van der Waals surface area contributed by atoms with Crippen molar-refractivity contribution in [3.05, 3.63) is 22.7 Å². The maximum absolute atomic E-state index is 12.6. The molecule has 2 atom stereocenters. The molecule has 2 rings (SSSR count). The molecule has 1 aromatic rings. The van der Waals surface area contributed by atoms with Crippen LogP contribution in [0.15, 0.2) is 27.6 Å². The number of nitrogens with zero attached hydrogens (tertiary/aromatic N) is 1. The molecule has 2 unspecified atom stereocenters. The first kappa shape index (κ1) is 17.7. The third-order valence-electron chi connectivity index (χ3n) is 3.38. The number of benzene rings is 1. The quantitative estimate of drug-likeness (QED) is 0.862. The van der Waals surface area contributed by atoms with E-state index in [4.69, 9.17) is 10.5 Å². The van der Waals surface area contributed by atoms with Crippen LogP contribution in [0.25, 0.3) is 0 Å². The number of halogens is 2. The summed E-state index contributed by atoms with van der Waals surface area (Å²) in [6.07, 6.45) is 0. The summed E-state index contributed by atoms with van der Waals surface area (Å²) in [5, 5.41) is 0. The zero-order chi connectivity index (χ0) is 14.2. The third kappa shape index (κ3) is 3.28. The monoisotopic (exact) mass is 384 g/mol. The molecular formula is C12H18BrClN2O3S. The molecule has 1 fully saturated rings. The van der Waals surface area contributed by atoms with Crippen LogP contribution in [0.1, 0.15) is 6.92 Å². The van der Waals surface area contributed by atoms with E-state index in [1.165, 1.54) is 11.4 Å². The van der Waals surface area contributed by atoms with Gasteiger partial charge in [0.05, 0.1) is 7.11 Å². The Morgan fingerprint density at radius 3 is 2.55 bits per heavy atom. The van der Waals surface area contributed by atoms with Gasteiger partial charge in [0.25, 0.3) is 0 Å². The summed E-state index contributed by atoms with van der Waals surface area (Å²) in [4.78, 5) is 0.172. The molecule has 20 heavy (non-hydrogen) atoms. The second-order valence-electron chi connectivity index (χ2n) is 4.76. The smallest absolute Gasteiger partial charge is 0.246 e. The van der Waals surface area contributed by atoms with Crippen LogP contribution >= 0.6 is 28.3 Å². The minimum atomic E-state index is -3.57. The topological polar surface area (TPSA) is 72.6 Å². The fourth-order valence-electron chi connectivity index (χ4n) is 2.13. The maximum Gasteiger partial charge on any atom is 0.246 e. The van der Waals surface area contributed by atoms with Crippen LogP contribution in [0.5, 0.6) is 5.75 Å². The summed E-state index contributed by atoms with van der Waals surface area (Å²) in [5.74, 6) is 0.504. The molecule has 0 amide bonds. The highest BCUT2D eigenvalue weighted by Gasteiger charge is 2.36. The number of rotatable bonds is 3. The van der Waals surface area contributed by atoms with Crippen molar-refractivity contribution in [1.29, 1.82) is 0 Å². The van der Waals surface area contributed by atoms with Crippen LogP contribution in [0, 0.1) is 5.92 Å². The summed E-state index contributed by atoms with van der Waals surface area (Å²) >= 11 is 3.29. The largest absolute Gasteiger partial charge is 0.495 e. The van der Waals surface area contributed by atoms with Crippen molar-refractivity contribution in [2.45, 2.75) is 17.9 Å². The lowest BCUT2D eigenvalue weighted by Gasteiger charge is -2.18. The number of ether oxygens (including phenoxy) is 1. The second kappa shape index (κ2) is 6.62. The Balaban J connectivity index is 0.00000200. The molecule has 0 saturated carbocycles. The molecule has 0 aliphatic carbocycles. The number of sulfonamides is 1. The van der Waals surface area contributed by atoms with E-state index < -0.39 is 10.0 Å². The van der Waals surface area contributed by atoms with Gasteiger partial charge in [-0.05, 0) is 24.1 Å². The van der Waals surface area contributed by atoms with E-state index in [9.17, 15) is 8.42 Å². The van der Waals surface area contributed by atoms with Crippen LogP contribution in [-0.2, 0) is 10.0 Å². The van der Waals surface area contributed by atoms with Gasteiger partial charge in [0.1, 0.15) is 10.6 Å². The molecule has 0 radical (unpaired) electrons. The van der Waals surface area contributed by atoms with Gasteiger partial charge in [0.15, 0.2) is 0 Å². The number of hydrogen-bond donors (Lipinski definition) is 1. The van der Waals surface area contributed by atoms with Gasteiger partial charge in [-0.15, -0.1) is 12.4 Å². The third-order valence-corrected chi connectivity index (χ3v) is 5.73. The first-order chi connectivity index (χ1) is 8.86. The summed E-state index contributed by atoms with van der Waals surface area (Å²) in [6, 6.07) is 4.82. The molecule has 0 aromatic heterocycles. The van der Waals surface area contributed by atoms with E-state index in [1.807, 2.05) is 6.92 Å². The molecule has 5 nitrogen and oxygen atoms in total. The normalized spacial score (nSPS) is 23.4. The Bertz CT molecular complexity index is 572. The molecule has 114 valence electrons. The average molecular weight is 386 g/mol. The van der Waals surface area contributed by atoms with Gasteiger partial charge in [-0.25, -0.2) is 8.42 Å². The first-order valence-electron chi connectivity index (χ1n) is 5.95. The zero-order valence-electron chi connectivity index (χ0n) is 11.2. The number of methoxy groups -OCH3 is 1. The lowest BCUT2D eigenvalue weighted by atomic mass is 10.1. The van der Waals surface area contributed by atoms with Crippen LogP contribution in [-0.4, -0.2) is 39.0 Å². The van der Waals surface area contributed by atoms with Crippen molar-refractivity contribution in [1.82, 2.24) is 4.31 Å². The van der Waals surface area contributed by atoms with E-state index in [2.05, 4.69) is 15.9 Å². The summed E-state index contributed by atoms with van der Waals surface area (Å²) in [7, 11) is -2.11. The Hall–Kier alpha value is -0.340.